The van der Waals surface area contributed by atoms with Crippen molar-refractivity contribution in [2.24, 2.45) is 0 Å². The molecule has 0 aliphatic carbocycles. The van der Waals surface area contributed by atoms with E-state index in [4.69, 9.17) is 0 Å². The highest BCUT2D eigenvalue weighted by molar-refractivity contribution is 7.99. The maximum Gasteiger partial charge on any atom is 0.207 e. The van der Waals surface area contributed by atoms with Gasteiger partial charge >= 0.3 is 0 Å². The summed E-state index contributed by atoms with van der Waals surface area (Å²) in [6.45, 7) is 3.45. The average Bonchev–Trinajstić information content (AvgIpc) is 2.73. The summed E-state index contributed by atoms with van der Waals surface area (Å²) in [6, 6.07) is -0.738. The van der Waals surface area contributed by atoms with Crippen LogP contribution in [0.15, 0.2) is 0 Å². The minimum Gasteiger partial charge on any atom is -0.349 e. The summed E-state index contributed by atoms with van der Waals surface area (Å²) >= 11 is 3.65. The predicted octanol–water partition coefficient (Wildman–Crippen LogP) is 3.76. The molecular formula is C22H40N2O4S2. The van der Waals surface area contributed by atoms with Crippen molar-refractivity contribution in [1.82, 2.24) is 10.6 Å². The molecule has 0 saturated heterocycles. The quantitative estimate of drug-likeness (QED) is 0.178. The average molecular weight is 461 g/mol. The minimum absolute atomic E-state index is 0.1000. The number of amides is 2. The second-order valence-electron chi connectivity index (χ2n) is 7.50. The Bertz CT molecular complexity index is 436. The van der Waals surface area contributed by atoms with E-state index in [1.807, 2.05) is 23.5 Å². The molecule has 2 N–H and O–H groups in total. The Morgan fingerprint density at radius 2 is 0.967 bits per heavy atom. The number of carbonyl (C=O) groups is 4. The first-order valence-electron chi connectivity index (χ1n) is 11.1. The molecule has 0 rings (SSSR count). The zero-order valence-corrected chi connectivity index (χ0v) is 20.3. The molecule has 0 saturated carbocycles. The van der Waals surface area contributed by atoms with E-state index in [0.29, 0.717) is 25.7 Å². The highest BCUT2D eigenvalue weighted by atomic mass is 32.2. The molecule has 30 heavy (non-hydrogen) atoms. The number of carbonyl (C=O) groups excluding carboxylic acids is 4. The maximum atomic E-state index is 11.7. The van der Waals surface area contributed by atoms with Crippen molar-refractivity contribution in [3.05, 3.63) is 0 Å². The van der Waals surface area contributed by atoms with Crippen molar-refractivity contribution in [3.63, 3.8) is 0 Å². The van der Waals surface area contributed by atoms with E-state index in [9.17, 15) is 19.2 Å². The lowest BCUT2D eigenvalue weighted by atomic mass is 10.1. The van der Waals surface area contributed by atoms with Gasteiger partial charge in [-0.05, 0) is 38.2 Å². The summed E-state index contributed by atoms with van der Waals surface area (Å²) in [7, 11) is 0. The van der Waals surface area contributed by atoms with Crippen molar-refractivity contribution in [1.29, 1.82) is 0 Å². The molecule has 8 heteroatoms. The SMILES string of the molecule is CC(NC=O)C(=O)CCSCCCCCCCCCCSCCC(=O)C(C)NC=O. The van der Waals surface area contributed by atoms with Crippen molar-refractivity contribution in [2.75, 3.05) is 23.0 Å². The number of thioether (sulfide) groups is 2. The van der Waals surface area contributed by atoms with E-state index in [0.717, 1.165) is 23.0 Å². The number of hydrogen-bond acceptors (Lipinski definition) is 6. The standard InChI is InChI=1S/C22H40N2O4S2/c1-19(23-17-25)21(27)11-15-29-13-9-7-5-3-4-6-8-10-14-30-16-12-22(28)20(2)24-18-26/h17-20H,3-16H2,1-2H3,(H,23,25)(H,24,26). The van der Waals surface area contributed by atoms with Gasteiger partial charge in [-0.25, -0.2) is 0 Å². The molecule has 0 spiro atoms. The van der Waals surface area contributed by atoms with Crippen LogP contribution >= 0.6 is 23.5 Å². The van der Waals surface area contributed by atoms with E-state index in [1.165, 1.54) is 51.4 Å². The van der Waals surface area contributed by atoms with Crippen LogP contribution in [0.2, 0.25) is 0 Å². The van der Waals surface area contributed by atoms with Crippen LogP contribution in [-0.2, 0) is 19.2 Å². The van der Waals surface area contributed by atoms with Crippen molar-refractivity contribution < 1.29 is 19.2 Å². The van der Waals surface area contributed by atoms with Gasteiger partial charge in [0.25, 0.3) is 0 Å². The number of hydrogen-bond donors (Lipinski definition) is 2. The van der Waals surface area contributed by atoms with Gasteiger partial charge in [0.2, 0.25) is 12.8 Å². The summed E-state index contributed by atoms with van der Waals surface area (Å²) in [5.41, 5.74) is 0. The summed E-state index contributed by atoms with van der Waals surface area (Å²) in [5, 5.41) is 4.99. The Morgan fingerprint density at radius 1 is 0.633 bits per heavy atom. The molecule has 0 fully saturated rings. The fourth-order valence-electron chi connectivity index (χ4n) is 2.84. The highest BCUT2D eigenvalue weighted by Gasteiger charge is 2.11. The van der Waals surface area contributed by atoms with Gasteiger partial charge in [-0.1, -0.05) is 38.5 Å². The molecule has 0 aromatic heterocycles. The maximum absolute atomic E-state index is 11.7. The lowest BCUT2D eigenvalue weighted by molar-refractivity contribution is -0.122. The summed E-state index contributed by atoms with van der Waals surface area (Å²) < 4.78 is 0. The van der Waals surface area contributed by atoms with Gasteiger partial charge < -0.3 is 10.6 Å². The molecule has 2 amide bonds. The van der Waals surface area contributed by atoms with Crippen LogP contribution in [0, 0.1) is 0 Å². The van der Waals surface area contributed by atoms with Crippen LogP contribution in [0.3, 0.4) is 0 Å². The number of nitrogens with one attached hydrogen (secondary N) is 2. The van der Waals surface area contributed by atoms with E-state index in [-0.39, 0.29) is 23.7 Å². The van der Waals surface area contributed by atoms with Crippen LogP contribution in [0.25, 0.3) is 0 Å². The normalized spacial score (nSPS) is 12.7. The molecule has 0 radical (unpaired) electrons. The summed E-state index contributed by atoms with van der Waals surface area (Å²) in [4.78, 5) is 44.0. The number of rotatable bonds is 23. The van der Waals surface area contributed by atoms with Gasteiger partial charge in [-0.3, -0.25) is 19.2 Å². The lowest BCUT2D eigenvalue weighted by Gasteiger charge is -2.08. The third-order valence-electron chi connectivity index (χ3n) is 4.91. The fraction of sp³-hybridized carbons (Fsp3) is 0.818. The Balaban J connectivity index is 3.26. The van der Waals surface area contributed by atoms with Crippen molar-refractivity contribution >= 4 is 47.9 Å². The van der Waals surface area contributed by atoms with Crippen LogP contribution < -0.4 is 10.6 Å². The molecule has 0 bridgehead atoms. The number of ketones is 2. The van der Waals surface area contributed by atoms with Gasteiger partial charge in [0.15, 0.2) is 11.6 Å². The van der Waals surface area contributed by atoms with Crippen molar-refractivity contribution in [2.45, 2.75) is 90.1 Å². The molecule has 6 nitrogen and oxygen atoms in total. The summed E-state index contributed by atoms with van der Waals surface area (Å²) in [6.07, 6.45) is 12.3. The van der Waals surface area contributed by atoms with Crippen LogP contribution in [0.5, 0.6) is 0 Å². The zero-order chi connectivity index (χ0) is 22.5. The summed E-state index contributed by atoms with van der Waals surface area (Å²) in [5.74, 6) is 4.08. The second kappa shape index (κ2) is 21.2. The van der Waals surface area contributed by atoms with E-state index < -0.39 is 0 Å². The van der Waals surface area contributed by atoms with Gasteiger partial charge in [0.05, 0.1) is 12.1 Å². The Morgan fingerprint density at radius 3 is 1.30 bits per heavy atom. The molecule has 2 atom stereocenters. The number of Topliss-reactive ketones (excluding diaryl/α,β-unsaturated/α-hetero) is 2. The van der Waals surface area contributed by atoms with Crippen LogP contribution in [0.1, 0.15) is 78.1 Å². The van der Waals surface area contributed by atoms with Gasteiger partial charge in [0, 0.05) is 24.3 Å². The smallest absolute Gasteiger partial charge is 0.207 e. The molecule has 2 unspecified atom stereocenters. The Labute approximate surface area is 190 Å². The lowest BCUT2D eigenvalue weighted by Crippen LogP contribution is -2.32. The van der Waals surface area contributed by atoms with Gasteiger partial charge in [-0.15, -0.1) is 0 Å². The van der Waals surface area contributed by atoms with Crippen LogP contribution in [0.4, 0.5) is 0 Å². The Kier molecular flexibility index (Phi) is 20.5. The van der Waals surface area contributed by atoms with Crippen molar-refractivity contribution in [3.8, 4) is 0 Å². The monoisotopic (exact) mass is 460 g/mol. The topological polar surface area (TPSA) is 92.3 Å². The fourth-order valence-corrected chi connectivity index (χ4v) is 4.76. The van der Waals surface area contributed by atoms with E-state index in [1.54, 1.807) is 13.8 Å². The van der Waals surface area contributed by atoms with Gasteiger partial charge in [0.1, 0.15) is 0 Å². The second-order valence-corrected chi connectivity index (χ2v) is 9.95. The third-order valence-corrected chi connectivity index (χ3v) is 7.06. The molecule has 0 heterocycles. The molecule has 0 aliphatic rings. The first-order chi connectivity index (χ1) is 14.5. The first-order valence-corrected chi connectivity index (χ1v) is 13.4. The first kappa shape index (κ1) is 29.0. The third kappa shape index (κ3) is 17.8. The van der Waals surface area contributed by atoms with Crippen LogP contribution in [-0.4, -0.2) is 59.5 Å². The molecule has 0 aliphatic heterocycles. The molecular weight excluding hydrogens is 420 g/mol. The molecule has 0 aromatic carbocycles. The number of unbranched alkanes of at least 4 members (excludes halogenated alkanes) is 7. The molecule has 174 valence electrons. The van der Waals surface area contributed by atoms with Gasteiger partial charge in [-0.2, -0.15) is 23.5 Å². The van der Waals surface area contributed by atoms with E-state index in [2.05, 4.69) is 10.6 Å². The zero-order valence-electron chi connectivity index (χ0n) is 18.7. The molecule has 0 aromatic rings. The highest BCUT2D eigenvalue weighted by Crippen LogP contribution is 2.14. The minimum atomic E-state index is -0.369. The Hall–Kier alpha value is -1.02. The van der Waals surface area contributed by atoms with E-state index >= 15 is 0 Å². The predicted molar refractivity (Wildman–Crippen MR) is 128 cm³/mol. The largest absolute Gasteiger partial charge is 0.349 e.